The van der Waals surface area contributed by atoms with Crippen molar-refractivity contribution in [1.82, 2.24) is 10.2 Å². The smallest absolute Gasteiger partial charge is 0.239 e. The minimum Gasteiger partial charge on any atom is -0.355 e. The van der Waals surface area contributed by atoms with Crippen LogP contribution < -0.4 is 5.32 Å². The van der Waals surface area contributed by atoms with E-state index in [9.17, 15) is 14.0 Å². The lowest BCUT2D eigenvalue weighted by Gasteiger charge is -2.20. The van der Waals surface area contributed by atoms with E-state index in [2.05, 4.69) is 5.32 Å². The minimum atomic E-state index is -0.301. The van der Waals surface area contributed by atoms with Gasteiger partial charge in [-0.2, -0.15) is 0 Å². The fourth-order valence-corrected chi connectivity index (χ4v) is 1.90. The summed E-state index contributed by atoms with van der Waals surface area (Å²) < 4.78 is 13.0. The summed E-state index contributed by atoms with van der Waals surface area (Å²) in [5.74, 6) is -0.555. The Morgan fingerprint density at radius 2 is 2.05 bits per heavy atom. The van der Waals surface area contributed by atoms with E-state index in [0.717, 1.165) is 5.56 Å². The van der Waals surface area contributed by atoms with Crippen LogP contribution in [-0.2, 0) is 16.0 Å². The zero-order valence-electron chi connectivity index (χ0n) is 12.0. The van der Waals surface area contributed by atoms with Crippen molar-refractivity contribution >= 4 is 11.8 Å². The molecule has 110 valence electrons. The summed E-state index contributed by atoms with van der Waals surface area (Å²) in [6.07, 6.45) is 0.749. The summed E-state index contributed by atoms with van der Waals surface area (Å²) in [6, 6.07) is 6.21. The number of aryl methyl sites for hydroxylation is 1. The van der Waals surface area contributed by atoms with Crippen LogP contribution in [0.1, 0.15) is 25.8 Å². The molecule has 5 heteroatoms. The molecule has 0 fully saturated rings. The summed E-state index contributed by atoms with van der Waals surface area (Å²) in [5, 5.41) is 2.66. The first kappa shape index (κ1) is 16.1. The van der Waals surface area contributed by atoms with Crippen molar-refractivity contribution in [1.29, 1.82) is 0 Å². The van der Waals surface area contributed by atoms with Gasteiger partial charge in [0, 0.05) is 19.5 Å². The van der Waals surface area contributed by atoms with Gasteiger partial charge in [0.25, 0.3) is 0 Å². The van der Waals surface area contributed by atoms with Crippen molar-refractivity contribution < 1.29 is 14.0 Å². The van der Waals surface area contributed by atoms with Crippen LogP contribution in [0.25, 0.3) is 0 Å². The standard InChI is InChI=1S/C15H21FN2O2/c1-3-17-14(19)11-18(4-2)15(20)9-8-12-6-5-7-13(16)10-12/h5-7,10H,3-4,8-9,11H2,1-2H3,(H,17,19). The van der Waals surface area contributed by atoms with Gasteiger partial charge >= 0.3 is 0 Å². The lowest BCUT2D eigenvalue weighted by molar-refractivity contribution is -0.135. The summed E-state index contributed by atoms with van der Waals surface area (Å²) >= 11 is 0. The van der Waals surface area contributed by atoms with Gasteiger partial charge in [-0.15, -0.1) is 0 Å². The van der Waals surface area contributed by atoms with Gasteiger partial charge < -0.3 is 10.2 Å². The van der Waals surface area contributed by atoms with E-state index in [1.54, 1.807) is 12.1 Å². The largest absolute Gasteiger partial charge is 0.355 e. The molecule has 0 atom stereocenters. The second kappa shape index (κ2) is 8.30. The first-order valence-corrected chi connectivity index (χ1v) is 6.85. The average Bonchev–Trinajstić information content (AvgIpc) is 2.42. The molecule has 0 unspecified atom stereocenters. The van der Waals surface area contributed by atoms with Crippen LogP contribution in [-0.4, -0.2) is 36.3 Å². The van der Waals surface area contributed by atoms with Crippen molar-refractivity contribution in [3.8, 4) is 0 Å². The van der Waals surface area contributed by atoms with Gasteiger partial charge in [-0.05, 0) is 38.0 Å². The molecule has 0 saturated carbocycles. The van der Waals surface area contributed by atoms with Gasteiger partial charge in [-0.1, -0.05) is 12.1 Å². The molecule has 2 amide bonds. The maximum absolute atomic E-state index is 13.0. The van der Waals surface area contributed by atoms with E-state index in [0.29, 0.717) is 19.5 Å². The molecule has 0 aliphatic rings. The highest BCUT2D eigenvalue weighted by atomic mass is 19.1. The van der Waals surface area contributed by atoms with Crippen molar-refractivity contribution in [2.75, 3.05) is 19.6 Å². The number of nitrogens with zero attached hydrogens (tertiary/aromatic N) is 1. The molecule has 1 rings (SSSR count). The van der Waals surface area contributed by atoms with Gasteiger partial charge in [0.2, 0.25) is 11.8 Å². The van der Waals surface area contributed by atoms with Crippen LogP contribution in [0.2, 0.25) is 0 Å². The van der Waals surface area contributed by atoms with E-state index in [-0.39, 0.29) is 30.6 Å². The molecule has 0 aromatic heterocycles. The Bertz CT molecular complexity index is 463. The van der Waals surface area contributed by atoms with Gasteiger partial charge in [-0.25, -0.2) is 4.39 Å². The number of carbonyl (C=O) groups is 2. The van der Waals surface area contributed by atoms with Crippen molar-refractivity contribution in [3.63, 3.8) is 0 Å². The number of likely N-dealkylation sites (N-methyl/N-ethyl adjacent to an activating group) is 2. The highest BCUT2D eigenvalue weighted by molar-refractivity contribution is 5.84. The number of amides is 2. The molecule has 0 bridgehead atoms. The first-order valence-electron chi connectivity index (χ1n) is 6.85. The van der Waals surface area contributed by atoms with Crippen LogP contribution in [0.4, 0.5) is 4.39 Å². The van der Waals surface area contributed by atoms with Gasteiger partial charge in [0.1, 0.15) is 5.82 Å². The van der Waals surface area contributed by atoms with E-state index in [4.69, 9.17) is 0 Å². The second-order valence-electron chi connectivity index (χ2n) is 4.49. The number of hydrogen-bond donors (Lipinski definition) is 1. The van der Waals surface area contributed by atoms with Gasteiger partial charge in [-0.3, -0.25) is 9.59 Å². The molecular formula is C15H21FN2O2. The SMILES string of the molecule is CCNC(=O)CN(CC)C(=O)CCc1cccc(F)c1. The zero-order valence-corrected chi connectivity index (χ0v) is 12.0. The summed E-state index contributed by atoms with van der Waals surface area (Å²) in [7, 11) is 0. The van der Waals surface area contributed by atoms with Gasteiger partial charge in [0.15, 0.2) is 0 Å². The first-order chi connectivity index (χ1) is 9.56. The Balaban J connectivity index is 2.49. The summed E-state index contributed by atoms with van der Waals surface area (Å²) in [4.78, 5) is 25.0. The second-order valence-corrected chi connectivity index (χ2v) is 4.49. The van der Waals surface area contributed by atoms with Crippen LogP contribution in [0.5, 0.6) is 0 Å². The maximum atomic E-state index is 13.0. The predicted molar refractivity (Wildman–Crippen MR) is 75.7 cm³/mol. The summed E-state index contributed by atoms with van der Waals surface area (Å²) in [6.45, 7) is 4.78. The fraction of sp³-hybridized carbons (Fsp3) is 0.467. The summed E-state index contributed by atoms with van der Waals surface area (Å²) in [5.41, 5.74) is 0.785. The predicted octanol–water partition coefficient (Wildman–Crippen LogP) is 1.74. The topological polar surface area (TPSA) is 49.4 Å². The molecule has 0 aliphatic heterocycles. The molecular weight excluding hydrogens is 259 g/mol. The fourth-order valence-electron chi connectivity index (χ4n) is 1.90. The Morgan fingerprint density at radius 3 is 2.65 bits per heavy atom. The van der Waals surface area contributed by atoms with Crippen LogP contribution in [0.15, 0.2) is 24.3 Å². The van der Waals surface area contributed by atoms with Crippen LogP contribution in [0, 0.1) is 5.82 Å². The Labute approximate surface area is 119 Å². The number of hydrogen-bond acceptors (Lipinski definition) is 2. The van der Waals surface area contributed by atoms with E-state index >= 15 is 0 Å². The lowest BCUT2D eigenvalue weighted by Crippen LogP contribution is -2.40. The number of carbonyl (C=O) groups excluding carboxylic acids is 2. The van der Waals surface area contributed by atoms with E-state index in [1.165, 1.54) is 17.0 Å². The average molecular weight is 280 g/mol. The molecule has 0 spiro atoms. The Kier molecular flexibility index (Phi) is 6.70. The Hall–Kier alpha value is -1.91. The molecule has 0 radical (unpaired) electrons. The molecule has 4 nitrogen and oxygen atoms in total. The lowest BCUT2D eigenvalue weighted by atomic mass is 10.1. The molecule has 1 aromatic rings. The zero-order chi connectivity index (χ0) is 15.0. The quantitative estimate of drug-likeness (QED) is 0.827. The molecule has 0 heterocycles. The highest BCUT2D eigenvalue weighted by Crippen LogP contribution is 2.07. The highest BCUT2D eigenvalue weighted by Gasteiger charge is 2.14. The Morgan fingerprint density at radius 1 is 1.30 bits per heavy atom. The molecule has 1 aromatic carbocycles. The number of rotatable bonds is 7. The van der Waals surface area contributed by atoms with Crippen LogP contribution in [0.3, 0.4) is 0 Å². The number of nitrogens with one attached hydrogen (secondary N) is 1. The van der Waals surface area contributed by atoms with E-state index < -0.39 is 0 Å². The third-order valence-electron chi connectivity index (χ3n) is 2.96. The molecule has 1 N–H and O–H groups in total. The normalized spacial score (nSPS) is 10.2. The number of benzene rings is 1. The van der Waals surface area contributed by atoms with Crippen LogP contribution >= 0.6 is 0 Å². The van der Waals surface area contributed by atoms with Crippen molar-refractivity contribution in [2.45, 2.75) is 26.7 Å². The maximum Gasteiger partial charge on any atom is 0.239 e. The molecule has 0 saturated heterocycles. The molecule has 20 heavy (non-hydrogen) atoms. The minimum absolute atomic E-state index is 0.0757. The monoisotopic (exact) mass is 280 g/mol. The molecule has 0 aliphatic carbocycles. The van der Waals surface area contributed by atoms with Gasteiger partial charge in [0.05, 0.1) is 6.54 Å². The van der Waals surface area contributed by atoms with Crippen molar-refractivity contribution in [2.24, 2.45) is 0 Å². The number of halogens is 1. The third kappa shape index (κ3) is 5.38. The van der Waals surface area contributed by atoms with E-state index in [1.807, 2.05) is 13.8 Å². The third-order valence-corrected chi connectivity index (χ3v) is 2.96. The van der Waals surface area contributed by atoms with Crippen molar-refractivity contribution in [3.05, 3.63) is 35.6 Å².